The fraction of sp³-hybridized carbons (Fsp3) is 0. The summed E-state index contributed by atoms with van der Waals surface area (Å²) in [5.41, 5.74) is 11.7. The maximum atomic E-state index is 6.99. The molecule has 0 aliphatic heterocycles. The maximum Gasteiger partial charge on any atom is 0.0418 e. The Morgan fingerprint density at radius 1 is 0.244 bits per heavy atom. The van der Waals surface area contributed by atoms with Crippen LogP contribution in [-0.4, -0.2) is 0 Å². The van der Waals surface area contributed by atoms with Crippen molar-refractivity contribution in [2.75, 3.05) is 0 Å². The van der Waals surface area contributed by atoms with Crippen molar-refractivity contribution in [3.05, 3.63) is 181 Å². The molecule has 0 aromatic heterocycles. The van der Waals surface area contributed by atoms with E-state index in [-0.39, 0.29) is 0 Å². The average molecular weight is 593 g/mol. The number of halogens is 1. The third-order valence-corrected chi connectivity index (χ3v) is 8.88. The summed E-state index contributed by atoms with van der Waals surface area (Å²) >= 11 is 6.99. The molecule has 212 valence electrons. The van der Waals surface area contributed by atoms with Crippen molar-refractivity contribution < 1.29 is 0 Å². The minimum Gasteiger partial charge on any atom is -0.0843 e. The number of hydrogen-bond acceptors (Lipinski definition) is 0. The molecule has 0 nitrogen and oxygen atoms in total. The van der Waals surface area contributed by atoms with Gasteiger partial charge in [-0.25, -0.2) is 0 Å². The van der Waals surface area contributed by atoms with E-state index in [9.17, 15) is 0 Å². The normalized spacial score (nSPS) is 11.2. The number of rotatable bonds is 5. The van der Waals surface area contributed by atoms with Gasteiger partial charge in [-0.15, -0.1) is 0 Å². The van der Waals surface area contributed by atoms with Crippen LogP contribution < -0.4 is 0 Å². The zero-order chi connectivity index (χ0) is 30.2. The molecule has 0 amide bonds. The average Bonchev–Trinajstić information content (AvgIpc) is 3.11. The molecule has 0 N–H and O–H groups in total. The van der Waals surface area contributed by atoms with Crippen LogP contribution in [0.3, 0.4) is 0 Å². The Kier molecular flexibility index (Phi) is 6.98. The van der Waals surface area contributed by atoms with E-state index in [4.69, 9.17) is 11.6 Å². The molecular formula is C44H29Cl. The highest BCUT2D eigenvalue weighted by Crippen LogP contribution is 2.45. The molecule has 0 aliphatic carbocycles. The van der Waals surface area contributed by atoms with Crippen LogP contribution in [0.25, 0.3) is 77.2 Å². The summed E-state index contributed by atoms with van der Waals surface area (Å²) in [5, 5.41) is 5.61. The highest BCUT2D eigenvalue weighted by Gasteiger charge is 2.18. The molecule has 0 atom stereocenters. The van der Waals surface area contributed by atoms with Crippen LogP contribution in [-0.2, 0) is 0 Å². The molecule has 0 unspecified atom stereocenters. The first-order chi connectivity index (χ1) is 22.2. The predicted molar refractivity (Wildman–Crippen MR) is 194 cm³/mol. The Bertz CT molecular complexity index is 2190. The molecule has 8 rings (SSSR count). The van der Waals surface area contributed by atoms with Crippen LogP contribution >= 0.6 is 11.6 Å². The molecule has 0 fully saturated rings. The minimum absolute atomic E-state index is 0.717. The highest BCUT2D eigenvalue weighted by molar-refractivity contribution is 6.31. The van der Waals surface area contributed by atoms with Gasteiger partial charge in [0.05, 0.1) is 0 Å². The van der Waals surface area contributed by atoms with Crippen LogP contribution in [0.2, 0.25) is 5.02 Å². The summed E-state index contributed by atoms with van der Waals surface area (Å²) in [5.74, 6) is 0. The van der Waals surface area contributed by atoms with Gasteiger partial charge in [-0.3, -0.25) is 0 Å². The van der Waals surface area contributed by atoms with Crippen molar-refractivity contribution in [2.24, 2.45) is 0 Å². The largest absolute Gasteiger partial charge is 0.0843 e. The van der Waals surface area contributed by atoms with Gasteiger partial charge in [0.15, 0.2) is 0 Å². The van der Waals surface area contributed by atoms with Gasteiger partial charge < -0.3 is 0 Å². The van der Waals surface area contributed by atoms with E-state index >= 15 is 0 Å². The fourth-order valence-electron chi connectivity index (χ4n) is 6.64. The van der Waals surface area contributed by atoms with Gasteiger partial charge in [0.25, 0.3) is 0 Å². The minimum atomic E-state index is 0.717. The van der Waals surface area contributed by atoms with E-state index < -0.39 is 0 Å². The summed E-state index contributed by atoms with van der Waals surface area (Å²) < 4.78 is 0. The molecule has 0 saturated carbocycles. The van der Waals surface area contributed by atoms with E-state index in [1.165, 1.54) is 60.5 Å². The Labute approximate surface area is 268 Å². The molecule has 8 aromatic rings. The molecule has 0 spiro atoms. The first kappa shape index (κ1) is 27.1. The van der Waals surface area contributed by atoms with Gasteiger partial charge >= 0.3 is 0 Å². The van der Waals surface area contributed by atoms with Crippen molar-refractivity contribution in [2.45, 2.75) is 0 Å². The molecule has 45 heavy (non-hydrogen) atoms. The second-order valence-corrected chi connectivity index (χ2v) is 11.9. The van der Waals surface area contributed by atoms with Gasteiger partial charge in [-0.1, -0.05) is 151 Å². The van der Waals surface area contributed by atoms with Crippen molar-refractivity contribution in [1.82, 2.24) is 0 Å². The van der Waals surface area contributed by atoms with E-state index in [0.29, 0.717) is 5.02 Å². The lowest BCUT2D eigenvalue weighted by atomic mass is 9.85. The topological polar surface area (TPSA) is 0 Å². The van der Waals surface area contributed by atoms with Gasteiger partial charge in [-0.2, -0.15) is 0 Å². The molecule has 0 bridgehead atoms. The molecular weight excluding hydrogens is 564 g/mol. The van der Waals surface area contributed by atoms with Crippen molar-refractivity contribution in [3.8, 4) is 55.6 Å². The predicted octanol–water partition coefficient (Wildman–Crippen LogP) is 13.0. The third kappa shape index (κ3) is 5.10. The Balaban J connectivity index is 1.39. The highest BCUT2D eigenvalue weighted by atomic mass is 35.5. The Morgan fingerprint density at radius 3 is 0.978 bits per heavy atom. The van der Waals surface area contributed by atoms with Crippen LogP contribution in [0.4, 0.5) is 0 Å². The van der Waals surface area contributed by atoms with Crippen LogP contribution in [0, 0.1) is 0 Å². The lowest BCUT2D eigenvalue weighted by Crippen LogP contribution is -1.92. The van der Waals surface area contributed by atoms with E-state index in [1.54, 1.807) is 0 Å². The number of benzene rings is 8. The third-order valence-electron chi connectivity index (χ3n) is 8.66. The first-order valence-electron chi connectivity index (χ1n) is 15.3. The van der Waals surface area contributed by atoms with E-state index in [2.05, 4.69) is 176 Å². The SMILES string of the molecule is Clc1cc(-c2cc(-c3ccccc3)cc(-c3ccccc3)c2)cc(-c2c3ccccc3c(-c3ccccc3)c3ccccc23)c1. The zero-order valence-electron chi connectivity index (χ0n) is 24.6. The van der Waals surface area contributed by atoms with Crippen molar-refractivity contribution in [3.63, 3.8) is 0 Å². The summed E-state index contributed by atoms with van der Waals surface area (Å²) in [6.45, 7) is 0. The zero-order valence-corrected chi connectivity index (χ0v) is 25.4. The fourth-order valence-corrected chi connectivity index (χ4v) is 6.88. The van der Waals surface area contributed by atoms with Crippen LogP contribution in [0.1, 0.15) is 0 Å². The summed E-state index contributed by atoms with van der Waals surface area (Å²) in [4.78, 5) is 0. The number of hydrogen-bond donors (Lipinski definition) is 0. The summed E-state index contributed by atoms with van der Waals surface area (Å²) in [7, 11) is 0. The van der Waals surface area contributed by atoms with Gasteiger partial charge in [0, 0.05) is 5.02 Å². The molecule has 0 heterocycles. The summed E-state index contributed by atoms with van der Waals surface area (Å²) in [6.07, 6.45) is 0. The smallest absolute Gasteiger partial charge is 0.0418 e. The monoisotopic (exact) mass is 592 g/mol. The van der Waals surface area contributed by atoms with Crippen LogP contribution in [0.15, 0.2) is 176 Å². The van der Waals surface area contributed by atoms with Gasteiger partial charge in [0.2, 0.25) is 0 Å². The quantitative estimate of drug-likeness (QED) is 0.174. The van der Waals surface area contributed by atoms with Gasteiger partial charge in [-0.05, 0) is 114 Å². The molecule has 0 saturated heterocycles. The van der Waals surface area contributed by atoms with Crippen molar-refractivity contribution in [1.29, 1.82) is 0 Å². The summed E-state index contributed by atoms with van der Waals surface area (Å²) in [6, 6.07) is 62.8. The second-order valence-electron chi connectivity index (χ2n) is 11.5. The Hall–Kier alpha value is -5.43. The lowest BCUT2D eigenvalue weighted by Gasteiger charge is -2.18. The van der Waals surface area contributed by atoms with Crippen LogP contribution in [0.5, 0.6) is 0 Å². The standard InChI is InChI=1S/C44H29Cl/c45-38-28-36(35-25-33(30-14-4-1-5-15-30)24-34(26-35)31-16-6-2-7-17-31)27-37(29-38)44-41-22-12-10-20-39(41)43(32-18-8-3-9-19-32)40-21-11-13-23-42(40)44/h1-29H. The second kappa shape index (κ2) is 11.6. The van der Waals surface area contributed by atoms with E-state index in [1.807, 2.05) is 0 Å². The van der Waals surface area contributed by atoms with E-state index in [0.717, 1.165) is 16.7 Å². The first-order valence-corrected chi connectivity index (χ1v) is 15.7. The van der Waals surface area contributed by atoms with Gasteiger partial charge in [0.1, 0.15) is 0 Å². The van der Waals surface area contributed by atoms with Crippen molar-refractivity contribution >= 4 is 33.1 Å². The number of fused-ring (bicyclic) bond motifs is 2. The molecule has 0 radical (unpaired) electrons. The molecule has 1 heteroatoms. The lowest BCUT2D eigenvalue weighted by molar-refractivity contribution is 1.56. The molecule has 8 aromatic carbocycles. The molecule has 0 aliphatic rings. The maximum absolute atomic E-state index is 6.99. The Morgan fingerprint density at radius 2 is 0.533 bits per heavy atom.